The van der Waals surface area contributed by atoms with E-state index < -0.39 is 117 Å². The van der Waals surface area contributed by atoms with Crippen LogP contribution in [0.5, 0.6) is 0 Å². The number of carbonyl (C=O) groups is 6. The summed E-state index contributed by atoms with van der Waals surface area (Å²) >= 11 is 0. The van der Waals surface area contributed by atoms with Crippen molar-refractivity contribution in [1.82, 2.24) is 9.80 Å². The van der Waals surface area contributed by atoms with E-state index in [-0.39, 0.29) is 32.4 Å². The Balaban J connectivity index is 1.32. The van der Waals surface area contributed by atoms with Crippen molar-refractivity contribution in [3.8, 4) is 0 Å². The zero-order valence-electron chi connectivity index (χ0n) is 37.8. The van der Waals surface area contributed by atoms with E-state index in [2.05, 4.69) is 0 Å². The number of hydrogen-bond acceptors (Lipinski definition) is 13. The number of aliphatic hydroxyl groups excluding tert-OH is 2. The predicted molar refractivity (Wildman–Crippen MR) is 237 cm³/mol. The lowest BCUT2D eigenvalue weighted by atomic mass is 9.60. The Morgan fingerprint density at radius 3 is 1.47 bits per heavy atom. The minimum Gasteiger partial charge on any atom is -0.392 e. The van der Waals surface area contributed by atoms with E-state index in [0.717, 1.165) is 22.3 Å². The lowest BCUT2D eigenvalue weighted by molar-refractivity contribution is -0.173. The van der Waals surface area contributed by atoms with Crippen molar-refractivity contribution in [2.24, 2.45) is 51.5 Å². The van der Waals surface area contributed by atoms with Crippen LogP contribution in [0.3, 0.4) is 0 Å². The van der Waals surface area contributed by atoms with Gasteiger partial charge in [0.2, 0.25) is 22.9 Å². The van der Waals surface area contributed by atoms with Gasteiger partial charge in [-0.3, -0.25) is 19.4 Å². The van der Waals surface area contributed by atoms with Gasteiger partial charge in [0.25, 0.3) is 0 Å². The maximum Gasteiger partial charge on any atom is 0.412 e. The van der Waals surface area contributed by atoms with Gasteiger partial charge in [0, 0.05) is 59.6 Å². The number of ether oxygens (including phenoxy) is 2. The summed E-state index contributed by atoms with van der Waals surface area (Å²) in [7, 11) is 0. The van der Waals surface area contributed by atoms with Gasteiger partial charge in [-0.05, 0) is 78.7 Å². The first-order valence-corrected chi connectivity index (χ1v) is 22.2. The average molecular weight is 912 g/mol. The van der Waals surface area contributed by atoms with Crippen LogP contribution in [0.2, 0.25) is 0 Å². The third-order valence-electron chi connectivity index (χ3n) is 16.3. The Kier molecular flexibility index (Phi) is 11.2. The number of aliphatic hydroxyl groups is 2. The third kappa shape index (κ3) is 6.38. The molecule has 352 valence electrons. The number of primary amides is 4. The second-order valence-corrected chi connectivity index (χ2v) is 20.2. The largest absolute Gasteiger partial charge is 0.412 e. The van der Waals surface area contributed by atoms with Crippen LogP contribution in [0.1, 0.15) is 60.8 Å². The molecular formula is C48H58FN7O10. The Labute approximate surface area is 381 Å². The van der Waals surface area contributed by atoms with Crippen molar-refractivity contribution in [2.45, 2.75) is 108 Å². The lowest BCUT2D eigenvalue weighted by Gasteiger charge is -2.57. The summed E-state index contributed by atoms with van der Waals surface area (Å²) in [6, 6.07) is 2.88. The first kappa shape index (κ1) is 46.6. The van der Waals surface area contributed by atoms with E-state index >= 15 is 0 Å². The molecule has 3 saturated heterocycles. The predicted octanol–water partition coefficient (Wildman–Crippen LogP) is 2.52. The van der Waals surface area contributed by atoms with Crippen molar-refractivity contribution in [3.05, 3.63) is 101 Å². The molecule has 66 heavy (non-hydrogen) atoms. The summed E-state index contributed by atoms with van der Waals surface area (Å²) in [6.07, 6.45) is 9.79. The maximum atomic E-state index is 14.9. The quantitative estimate of drug-likeness (QED) is 0.123. The van der Waals surface area contributed by atoms with E-state index in [4.69, 9.17) is 32.4 Å². The van der Waals surface area contributed by atoms with E-state index in [1.165, 1.54) is 21.9 Å². The molecule has 0 saturated carbocycles. The van der Waals surface area contributed by atoms with Gasteiger partial charge in [0.15, 0.2) is 0 Å². The molecule has 4 amide bonds. The van der Waals surface area contributed by atoms with Gasteiger partial charge in [0.1, 0.15) is 5.82 Å². The molecule has 0 spiro atoms. The summed E-state index contributed by atoms with van der Waals surface area (Å²) in [6.45, 7) is 9.95. The van der Waals surface area contributed by atoms with Gasteiger partial charge in [0.05, 0.1) is 17.7 Å². The number of esters is 2. The molecule has 4 aliphatic carbocycles. The second-order valence-electron chi connectivity index (χ2n) is 20.2. The van der Waals surface area contributed by atoms with E-state index in [1.54, 1.807) is 39.8 Å². The van der Waals surface area contributed by atoms with Crippen molar-refractivity contribution < 1.29 is 52.8 Å². The fourth-order valence-electron chi connectivity index (χ4n) is 13.7. The van der Waals surface area contributed by atoms with E-state index in [1.807, 2.05) is 67.4 Å². The number of benzene rings is 1. The number of amides is 4. The number of β-amino-alcohol motifs (C(OH)–C–C–N with tert-alkyl or cyclic N) is 2. The van der Waals surface area contributed by atoms with Gasteiger partial charge in [-0.25, -0.2) is 23.6 Å². The van der Waals surface area contributed by atoms with Gasteiger partial charge in [-0.15, -0.1) is 0 Å². The molecule has 8 rings (SSSR count). The zero-order chi connectivity index (χ0) is 48.2. The Morgan fingerprint density at radius 2 is 1.06 bits per heavy atom. The summed E-state index contributed by atoms with van der Waals surface area (Å²) in [5, 5.41) is 23.6. The van der Waals surface area contributed by atoms with Gasteiger partial charge >= 0.3 is 24.1 Å². The molecule has 4 unspecified atom stereocenters. The molecule has 0 radical (unpaired) electrons. The molecule has 18 heteroatoms. The average Bonchev–Trinajstić information content (AvgIpc) is 4.10. The summed E-state index contributed by atoms with van der Waals surface area (Å²) in [5.41, 5.74) is 18.3. The number of anilines is 1. The number of rotatable bonds is 13. The van der Waals surface area contributed by atoms with Crippen LogP contribution in [0.4, 0.5) is 19.7 Å². The fourth-order valence-corrected chi connectivity index (χ4v) is 13.7. The van der Waals surface area contributed by atoms with Crippen molar-refractivity contribution in [2.75, 3.05) is 18.0 Å². The van der Waals surface area contributed by atoms with Crippen LogP contribution in [0.15, 0.2) is 95.2 Å². The number of halogens is 1. The van der Waals surface area contributed by atoms with E-state index in [9.17, 15) is 43.4 Å². The molecule has 1 aromatic carbocycles. The summed E-state index contributed by atoms with van der Waals surface area (Å²) in [4.78, 5) is 88.8. The van der Waals surface area contributed by atoms with Crippen LogP contribution >= 0.6 is 0 Å². The number of fused-ring (bicyclic) bond motifs is 4. The maximum absolute atomic E-state index is 14.9. The topological polar surface area (TPSA) is 275 Å². The first-order valence-electron chi connectivity index (χ1n) is 22.2. The van der Waals surface area contributed by atoms with Crippen molar-refractivity contribution >= 4 is 41.6 Å². The Hall–Kier alpha value is -5.95. The van der Waals surface area contributed by atoms with Crippen LogP contribution < -0.4 is 27.8 Å². The molecule has 9 atom stereocenters. The first-order chi connectivity index (χ1) is 30.9. The third-order valence-corrected chi connectivity index (χ3v) is 16.3. The molecule has 0 aromatic heterocycles. The summed E-state index contributed by atoms with van der Waals surface area (Å²) < 4.78 is 25.3. The molecule has 10 N–H and O–H groups in total. The number of nitrogens with zero attached hydrogens (tertiary/aromatic N) is 3. The summed E-state index contributed by atoms with van der Waals surface area (Å²) in [5.74, 6) is -7.16. The Bertz CT molecular complexity index is 2450. The number of carbonyl (C=O) groups excluding carboxylic acids is 6. The van der Waals surface area contributed by atoms with Crippen molar-refractivity contribution in [3.63, 3.8) is 0 Å². The number of hydrogen-bond donors (Lipinski definition) is 6. The van der Waals surface area contributed by atoms with E-state index in [0.29, 0.717) is 5.69 Å². The fraction of sp³-hybridized carbons (Fsp3) is 0.500. The molecule has 4 bridgehead atoms. The highest BCUT2D eigenvalue weighted by atomic mass is 19.1. The molecule has 3 fully saturated rings. The highest BCUT2D eigenvalue weighted by molar-refractivity contribution is 6.11. The van der Waals surface area contributed by atoms with Gasteiger partial charge < -0.3 is 47.5 Å². The molecule has 1 aromatic rings. The van der Waals surface area contributed by atoms with Crippen LogP contribution in [0.25, 0.3) is 0 Å². The van der Waals surface area contributed by atoms with Gasteiger partial charge in [-0.1, -0.05) is 83.2 Å². The van der Waals surface area contributed by atoms with Crippen LogP contribution in [-0.2, 0) is 28.7 Å². The number of likely N-dealkylation sites (tertiary alicyclic amines) is 2. The molecule has 3 heterocycles. The van der Waals surface area contributed by atoms with Crippen LogP contribution in [0, 0.1) is 34.4 Å². The highest BCUT2D eigenvalue weighted by Crippen LogP contribution is 2.60. The van der Waals surface area contributed by atoms with Crippen molar-refractivity contribution in [1.29, 1.82) is 0 Å². The highest BCUT2D eigenvalue weighted by Gasteiger charge is 2.73. The zero-order valence-corrected chi connectivity index (χ0v) is 37.8. The lowest BCUT2D eigenvalue weighted by Crippen LogP contribution is -2.77. The Morgan fingerprint density at radius 1 is 0.652 bits per heavy atom. The number of allylic oxidation sites excluding steroid dienone is 12. The normalized spacial score (nSPS) is 30.5. The molecule has 7 aliphatic rings. The minimum absolute atomic E-state index is 0.0342. The molecule has 17 nitrogen and oxygen atoms in total. The molecular weight excluding hydrogens is 854 g/mol. The second kappa shape index (κ2) is 15.8. The standard InChI is InChI=1S/C48H58FN7O10/c1-24-19-34(33-20-31(57)22-54(33)47(38(50)59,40(61)65-42(52)63)44(2,3)36-25-7-8-26(36)10-9-25)56(30-17-15-29(49)16-18-30)46(24,6)35-21-32(58)23-55(35)48(39(51)60,41(62)66-43(53)64)45(4,5)37-27-11-12-28(37)14-13-27/h7-18,24,31-37,57-58H,19-23H2,1-6H3,(H2,50,59)(H2,51,60)(H2,52,63)(H2,53,64)/t24?,31-,32-,33?,34?,35?,46+,47-,48-/m0/s1. The smallest absolute Gasteiger partial charge is 0.392 e. The minimum atomic E-state index is -2.48. The molecule has 3 aliphatic heterocycles. The van der Waals surface area contributed by atoms with Crippen LogP contribution in [-0.4, -0.2) is 116 Å². The van der Waals surface area contributed by atoms with Gasteiger partial charge in [-0.2, -0.15) is 0 Å². The SMILES string of the molecule is CC1CC(C2C[C@H](O)CN2[C@@](C(N)=O)(C(=O)OC(N)=O)C(C)(C)C2C3=CC=C2C=C3)N(c2ccc(F)cc2)[C@@]1(C)C1C[C@H](O)CN1[C@@](C(N)=O)(C(=O)OC(N)=O)C(C)(C)C1C2=CC=C1C=C2. The number of nitrogens with two attached hydrogens (primary N) is 4. The monoisotopic (exact) mass is 911 g/mol.